The number of halogens is 3. The minimum absolute atomic E-state index is 0.117. The van der Waals surface area contributed by atoms with E-state index in [1.165, 1.54) is 0 Å². The van der Waals surface area contributed by atoms with E-state index in [0.717, 1.165) is 34.9 Å². The molecule has 0 amide bonds. The average molecular weight is 436 g/mol. The molecule has 3 aromatic rings. The minimum atomic E-state index is -4.45. The van der Waals surface area contributed by atoms with Crippen molar-refractivity contribution >= 4 is 33.9 Å². The zero-order valence-corrected chi connectivity index (χ0v) is 17.0. The summed E-state index contributed by atoms with van der Waals surface area (Å²) in [7, 11) is 0. The number of alkyl halides is 3. The number of carbonyl (C=O) groups excluding carboxylic acids is 1. The molecule has 2 aromatic heterocycles. The Balaban J connectivity index is 1.71. The molecule has 1 saturated heterocycles. The van der Waals surface area contributed by atoms with Gasteiger partial charge in [0, 0.05) is 29.8 Å². The molecule has 0 spiro atoms. The highest BCUT2D eigenvalue weighted by Crippen LogP contribution is 2.38. The van der Waals surface area contributed by atoms with Gasteiger partial charge in [-0.1, -0.05) is 18.2 Å². The molecule has 158 valence electrons. The van der Waals surface area contributed by atoms with Gasteiger partial charge in [0.2, 0.25) is 0 Å². The van der Waals surface area contributed by atoms with Crippen LogP contribution >= 0.6 is 11.3 Å². The molecule has 3 heterocycles. The molecular weight excluding hydrogens is 417 g/mol. The fraction of sp³-hybridized carbons (Fsp3) is 0.400. The van der Waals surface area contributed by atoms with Gasteiger partial charge < -0.3 is 9.64 Å². The molecule has 1 fully saturated rings. The molecule has 30 heavy (non-hydrogen) atoms. The number of thiazole rings is 1. The molecule has 4 rings (SSSR count). The van der Waals surface area contributed by atoms with Crippen LogP contribution in [0.3, 0.4) is 0 Å². The summed E-state index contributed by atoms with van der Waals surface area (Å²) in [6, 6.07) is 7.34. The third-order valence-corrected chi connectivity index (χ3v) is 6.02. The fourth-order valence-corrected chi connectivity index (χ4v) is 4.64. The number of anilines is 1. The Morgan fingerprint density at radius 3 is 2.83 bits per heavy atom. The molecule has 1 atom stereocenters. The molecule has 0 N–H and O–H groups in total. The van der Waals surface area contributed by atoms with Crippen molar-refractivity contribution in [3.8, 4) is 0 Å². The van der Waals surface area contributed by atoms with Gasteiger partial charge in [-0.3, -0.25) is 0 Å². The van der Waals surface area contributed by atoms with Gasteiger partial charge >= 0.3 is 12.1 Å². The van der Waals surface area contributed by atoms with Gasteiger partial charge in [0.15, 0.2) is 11.4 Å². The van der Waals surface area contributed by atoms with Crippen LogP contribution in [0.25, 0.3) is 10.9 Å². The largest absolute Gasteiger partial charge is 0.461 e. The summed E-state index contributed by atoms with van der Waals surface area (Å²) < 4.78 is 44.1. The Bertz CT molecular complexity index is 1070. The lowest BCUT2D eigenvalue weighted by molar-refractivity contribution is -0.140. The van der Waals surface area contributed by atoms with Gasteiger partial charge in [-0.15, -0.1) is 21.5 Å². The number of esters is 1. The zero-order valence-electron chi connectivity index (χ0n) is 16.1. The first-order chi connectivity index (χ1) is 14.4. The van der Waals surface area contributed by atoms with Crippen LogP contribution in [0.1, 0.15) is 46.9 Å². The van der Waals surface area contributed by atoms with Crippen LogP contribution < -0.4 is 4.90 Å². The Morgan fingerprint density at radius 1 is 1.30 bits per heavy atom. The highest BCUT2D eigenvalue weighted by atomic mass is 32.1. The van der Waals surface area contributed by atoms with Crippen LogP contribution in [-0.2, 0) is 10.9 Å². The predicted molar refractivity (Wildman–Crippen MR) is 107 cm³/mol. The second kappa shape index (κ2) is 8.17. The monoisotopic (exact) mass is 436 g/mol. The number of fused-ring (bicyclic) bond motifs is 1. The smallest absolute Gasteiger partial charge is 0.434 e. The van der Waals surface area contributed by atoms with E-state index in [2.05, 4.69) is 15.2 Å². The zero-order chi connectivity index (χ0) is 21.3. The maximum absolute atomic E-state index is 13.0. The summed E-state index contributed by atoms with van der Waals surface area (Å²) >= 11 is 1.03. The van der Waals surface area contributed by atoms with Crippen molar-refractivity contribution in [2.75, 3.05) is 24.6 Å². The number of nitrogens with zero attached hydrogens (tertiary/aromatic N) is 4. The van der Waals surface area contributed by atoms with Gasteiger partial charge in [0.05, 0.1) is 22.8 Å². The van der Waals surface area contributed by atoms with Crippen LogP contribution in [0, 0.1) is 0 Å². The van der Waals surface area contributed by atoms with Crippen molar-refractivity contribution in [2.45, 2.75) is 31.9 Å². The van der Waals surface area contributed by atoms with E-state index in [9.17, 15) is 18.0 Å². The summed E-state index contributed by atoms with van der Waals surface area (Å²) in [5.41, 5.74) is 0.502. The molecule has 1 unspecified atom stereocenters. The van der Waals surface area contributed by atoms with E-state index in [-0.39, 0.29) is 18.2 Å². The van der Waals surface area contributed by atoms with Gasteiger partial charge in [0.25, 0.3) is 0 Å². The van der Waals surface area contributed by atoms with Crippen molar-refractivity contribution in [3.05, 3.63) is 46.0 Å². The maximum atomic E-state index is 13.0. The van der Waals surface area contributed by atoms with Crippen LogP contribution in [0.5, 0.6) is 0 Å². The molecule has 10 heteroatoms. The number of benzene rings is 1. The number of aromatic nitrogens is 3. The van der Waals surface area contributed by atoms with E-state index in [0.29, 0.717) is 29.3 Å². The second-order valence-electron chi connectivity index (χ2n) is 6.99. The molecule has 0 bridgehead atoms. The minimum Gasteiger partial charge on any atom is -0.461 e. The lowest BCUT2D eigenvalue weighted by atomic mass is 9.97. The lowest BCUT2D eigenvalue weighted by Gasteiger charge is -2.34. The quantitative estimate of drug-likeness (QED) is 0.554. The van der Waals surface area contributed by atoms with Gasteiger partial charge in [-0.2, -0.15) is 13.2 Å². The summed E-state index contributed by atoms with van der Waals surface area (Å²) in [6.07, 6.45) is -2.97. The van der Waals surface area contributed by atoms with E-state index < -0.39 is 17.8 Å². The molecule has 1 aliphatic rings. The lowest BCUT2D eigenvalue weighted by Crippen LogP contribution is -2.36. The number of ether oxygens (including phenoxy) is 1. The van der Waals surface area contributed by atoms with Crippen LogP contribution in [0.15, 0.2) is 29.6 Å². The van der Waals surface area contributed by atoms with Gasteiger partial charge in [-0.25, -0.2) is 9.78 Å². The molecule has 0 aliphatic carbocycles. The number of hydrogen-bond donors (Lipinski definition) is 0. The Labute approximate surface area is 174 Å². The van der Waals surface area contributed by atoms with Crippen LogP contribution in [0.2, 0.25) is 0 Å². The van der Waals surface area contributed by atoms with E-state index in [1.54, 1.807) is 13.0 Å². The topological polar surface area (TPSA) is 68.2 Å². The van der Waals surface area contributed by atoms with Gasteiger partial charge in [0.1, 0.15) is 0 Å². The molecule has 1 aliphatic heterocycles. The molecule has 6 nitrogen and oxygen atoms in total. The molecule has 0 saturated carbocycles. The number of rotatable bonds is 4. The summed E-state index contributed by atoms with van der Waals surface area (Å²) in [6.45, 7) is 3.00. The SMILES string of the molecule is CCOC(=O)c1nnc2ccccc2c1N1CCCC(c2nc(C(F)(F)F)cs2)C1. The first-order valence-corrected chi connectivity index (χ1v) is 10.5. The molecular formula is C20H19F3N4O2S. The Kier molecular flexibility index (Phi) is 5.59. The molecule has 1 aromatic carbocycles. The first kappa shape index (κ1) is 20.5. The number of carbonyl (C=O) groups is 1. The summed E-state index contributed by atoms with van der Waals surface area (Å²) in [5.74, 6) is -0.733. The van der Waals surface area contributed by atoms with Gasteiger partial charge in [-0.05, 0) is 25.8 Å². The highest BCUT2D eigenvalue weighted by molar-refractivity contribution is 7.09. The maximum Gasteiger partial charge on any atom is 0.434 e. The van der Waals surface area contributed by atoms with E-state index >= 15 is 0 Å². The Morgan fingerprint density at radius 2 is 2.10 bits per heavy atom. The van der Waals surface area contributed by atoms with Crippen LogP contribution in [0.4, 0.5) is 18.9 Å². The summed E-state index contributed by atoms with van der Waals surface area (Å²) in [5, 5.41) is 10.5. The average Bonchev–Trinajstić information content (AvgIpc) is 3.24. The normalized spacial score (nSPS) is 17.3. The number of hydrogen-bond acceptors (Lipinski definition) is 7. The first-order valence-electron chi connectivity index (χ1n) is 9.58. The third-order valence-electron chi connectivity index (χ3n) is 5.01. The highest BCUT2D eigenvalue weighted by Gasteiger charge is 2.35. The van der Waals surface area contributed by atoms with Crippen LogP contribution in [-0.4, -0.2) is 40.8 Å². The van der Waals surface area contributed by atoms with Crippen molar-refractivity contribution in [1.29, 1.82) is 0 Å². The third kappa shape index (κ3) is 3.96. The standard InChI is InChI=1S/C20H19F3N4O2S/c1-2-29-19(28)16-17(13-7-3-4-8-14(13)25-26-16)27-9-5-6-12(10-27)18-24-15(11-30-18)20(21,22)23/h3-4,7-8,11-12H,2,5-6,9-10H2,1H3. The predicted octanol–water partition coefficient (Wildman–Crippen LogP) is 4.67. The van der Waals surface area contributed by atoms with Crippen molar-refractivity contribution in [2.24, 2.45) is 0 Å². The Hall–Kier alpha value is -2.75. The van der Waals surface area contributed by atoms with Crippen molar-refractivity contribution < 1.29 is 22.7 Å². The molecule has 0 radical (unpaired) electrons. The fourth-order valence-electron chi connectivity index (χ4n) is 3.68. The second-order valence-corrected chi connectivity index (χ2v) is 7.88. The summed E-state index contributed by atoms with van der Waals surface area (Å²) in [4.78, 5) is 18.4. The van der Waals surface area contributed by atoms with Crippen molar-refractivity contribution in [1.82, 2.24) is 15.2 Å². The van der Waals surface area contributed by atoms with Crippen molar-refractivity contribution in [3.63, 3.8) is 0 Å². The van der Waals surface area contributed by atoms with E-state index in [1.807, 2.05) is 23.1 Å². The number of piperidine rings is 1. The van der Waals surface area contributed by atoms with E-state index in [4.69, 9.17) is 4.74 Å².